The monoisotopic (exact) mass is 173 g/mol. The molecule has 1 N–H and O–H groups in total. The zero-order valence-electron chi connectivity index (χ0n) is 8.88. The highest BCUT2D eigenvalue weighted by molar-refractivity contribution is 4.70. The van der Waals surface area contributed by atoms with Crippen molar-refractivity contribution in [1.82, 2.24) is 4.90 Å². The summed E-state index contributed by atoms with van der Waals surface area (Å²) in [6.45, 7) is 10.5. The molecule has 2 nitrogen and oxygen atoms in total. The molecule has 12 heavy (non-hydrogen) atoms. The van der Waals surface area contributed by atoms with Crippen molar-refractivity contribution in [3.05, 3.63) is 0 Å². The van der Waals surface area contributed by atoms with Crippen molar-refractivity contribution < 1.29 is 5.11 Å². The van der Waals surface area contributed by atoms with E-state index in [1.54, 1.807) is 0 Å². The maximum atomic E-state index is 9.40. The largest absolute Gasteiger partial charge is 0.392 e. The molecule has 0 bridgehead atoms. The average Bonchev–Trinajstić information content (AvgIpc) is 2.03. The first kappa shape index (κ1) is 11.9. The van der Waals surface area contributed by atoms with Gasteiger partial charge in [-0.05, 0) is 39.8 Å². The minimum absolute atomic E-state index is 0.219. The molecule has 0 saturated carbocycles. The van der Waals surface area contributed by atoms with Gasteiger partial charge < -0.3 is 5.11 Å². The second-order valence-corrected chi connectivity index (χ2v) is 3.52. The van der Waals surface area contributed by atoms with Crippen LogP contribution in [0.4, 0.5) is 0 Å². The van der Waals surface area contributed by atoms with Crippen LogP contribution in [0.3, 0.4) is 0 Å². The molecule has 0 fully saturated rings. The Hall–Kier alpha value is -0.0800. The van der Waals surface area contributed by atoms with Crippen molar-refractivity contribution >= 4 is 0 Å². The van der Waals surface area contributed by atoms with E-state index in [0.717, 1.165) is 25.9 Å². The van der Waals surface area contributed by atoms with Crippen molar-refractivity contribution in [2.45, 2.75) is 52.7 Å². The van der Waals surface area contributed by atoms with Crippen LogP contribution in [0, 0.1) is 0 Å². The third-order valence-electron chi connectivity index (χ3n) is 2.30. The fraction of sp³-hybridized carbons (Fsp3) is 1.00. The van der Waals surface area contributed by atoms with Crippen LogP contribution in [-0.2, 0) is 0 Å². The number of hydrogen-bond donors (Lipinski definition) is 1. The Labute approximate surface area is 76.6 Å². The van der Waals surface area contributed by atoms with Crippen LogP contribution < -0.4 is 0 Å². The first-order chi connectivity index (χ1) is 5.63. The van der Waals surface area contributed by atoms with Gasteiger partial charge in [0.25, 0.3) is 0 Å². The van der Waals surface area contributed by atoms with Crippen molar-refractivity contribution in [1.29, 1.82) is 0 Å². The number of nitrogens with zero attached hydrogens (tertiary/aromatic N) is 1. The van der Waals surface area contributed by atoms with Gasteiger partial charge in [0, 0.05) is 6.04 Å². The SMILES string of the molecule is CCCN(CCC)C(C)C(C)O. The van der Waals surface area contributed by atoms with E-state index in [1.165, 1.54) is 0 Å². The van der Waals surface area contributed by atoms with E-state index < -0.39 is 0 Å². The molecule has 0 aliphatic carbocycles. The molecule has 0 aromatic carbocycles. The zero-order chi connectivity index (χ0) is 9.56. The third kappa shape index (κ3) is 4.07. The maximum Gasteiger partial charge on any atom is 0.0664 e. The second-order valence-electron chi connectivity index (χ2n) is 3.52. The number of rotatable bonds is 6. The summed E-state index contributed by atoms with van der Waals surface area (Å²) < 4.78 is 0. The lowest BCUT2D eigenvalue weighted by Crippen LogP contribution is -2.41. The molecule has 0 saturated heterocycles. The lowest BCUT2D eigenvalue weighted by molar-refractivity contribution is 0.0707. The van der Waals surface area contributed by atoms with Crippen molar-refractivity contribution in [2.24, 2.45) is 0 Å². The summed E-state index contributed by atoms with van der Waals surface area (Å²) in [5.41, 5.74) is 0. The molecule has 0 aromatic heterocycles. The van der Waals surface area contributed by atoms with Gasteiger partial charge in [-0.1, -0.05) is 13.8 Å². The van der Waals surface area contributed by atoms with Gasteiger partial charge in [0.05, 0.1) is 6.10 Å². The molecule has 2 unspecified atom stereocenters. The lowest BCUT2D eigenvalue weighted by atomic mass is 10.1. The summed E-state index contributed by atoms with van der Waals surface area (Å²) in [4.78, 5) is 2.35. The van der Waals surface area contributed by atoms with Gasteiger partial charge >= 0.3 is 0 Å². The quantitative estimate of drug-likeness (QED) is 0.663. The van der Waals surface area contributed by atoms with Crippen molar-refractivity contribution in [2.75, 3.05) is 13.1 Å². The van der Waals surface area contributed by atoms with E-state index in [4.69, 9.17) is 0 Å². The minimum atomic E-state index is -0.219. The lowest BCUT2D eigenvalue weighted by Gasteiger charge is -2.30. The molecule has 0 amide bonds. The Kier molecular flexibility index (Phi) is 6.39. The summed E-state index contributed by atoms with van der Waals surface area (Å²) in [7, 11) is 0. The van der Waals surface area contributed by atoms with Gasteiger partial charge in [-0.2, -0.15) is 0 Å². The van der Waals surface area contributed by atoms with Crippen LogP contribution >= 0.6 is 0 Å². The number of aliphatic hydroxyl groups is 1. The molecule has 0 rings (SSSR count). The second kappa shape index (κ2) is 6.44. The average molecular weight is 173 g/mol. The normalized spacial score (nSPS) is 16.5. The van der Waals surface area contributed by atoms with Crippen molar-refractivity contribution in [3.63, 3.8) is 0 Å². The third-order valence-corrected chi connectivity index (χ3v) is 2.30. The molecule has 0 radical (unpaired) electrons. The summed E-state index contributed by atoms with van der Waals surface area (Å²) in [5, 5.41) is 9.40. The Morgan fingerprint density at radius 3 is 1.75 bits per heavy atom. The minimum Gasteiger partial charge on any atom is -0.392 e. The molecule has 0 aromatic rings. The van der Waals surface area contributed by atoms with E-state index in [2.05, 4.69) is 25.7 Å². The van der Waals surface area contributed by atoms with E-state index in [1.807, 2.05) is 6.92 Å². The molecular formula is C10H23NO. The van der Waals surface area contributed by atoms with Crippen LogP contribution in [-0.4, -0.2) is 35.2 Å². The Morgan fingerprint density at radius 1 is 1.08 bits per heavy atom. The predicted molar refractivity (Wildman–Crippen MR) is 53.3 cm³/mol. The van der Waals surface area contributed by atoms with Crippen LogP contribution in [0.2, 0.25) is 0 Å². The topological polar surface area (TPSA) is 23.5 Å². The smallest absolute Gasteiger partial charge is 0.0664 e. The summed E-state index contributed by atoms with van der Waals surface area (Å²) in [5.74, 6) is 0. The van der Waals surface area contributed by atoms with Crippen LogP contribution in [0.15, 0.2) is 0 Å². The van der Waals surface area contributed by atoms with Crippen LogP contribution in [0.5, 0.6) is 0 Å². The van der Waals surface area contributed by atoms with Gasteiger partial charge in [-0.3, -0.25) is 4.90 Å². The summed E-state index contributed by atoms with van der Waals surface area (Å²) >= 11 is 0. The first-order valence-corrected chi connectivity index (χ1v) is 5.05. The standard InChI is InChI=1S/C10H23NO/c1-5-7-11(8-6-2)9(3)10(4)12/h9-10,12H,5-8H2,1-4H3. The first-order valence-electron chi connectivity index (χ1n) is 5.05. The van der Waals surface area contributed by atoms with Gasteiger partial charge in [0.15, 0.2) is 0 Å². The fourth-order valence-corrected chi connectivity index (χ4v) is 1.40. The van der Waals surface area contributed by atoms with Gasteiger partial charge in [-0.25, -0.2) is 0 Å². The van der Waals surface area contributed by atoms with E-state index in [9.17, 15) is 5.11 Å². The maximum absolute atomic E-state index is 9.40. The summed E-state index contributed by atoms with van der Waals surface area (Å²) in [6.07, 6.45) is 2.11. The van der Waals surface area contributed by atoms with Crippen LogP contribution in [0.25, 0.3) is 0 Å². The molecule has 74 valence electrons. The Balaban J connectivity index is 3.89. The highest BCUT2D eigenvalue weighted by atomic mass is 16.3. The van der Waals surface area contributed by atoms with Gasteiger partial charge in [0.2, 0.25) is 0 Å². The number of aliphatic hydroxyl groups excluding tert-OH is 1. The Morgan fingerprint density at radius 2 is 1.50 bits per heavy atom. The molecule has 0 aliphatic heterocycles. The van der Waals surface area contributed by atoms with Gasteiger partial charge in [-0.15, -0.1) is 0 Å². The van der Waals surface area contributed by atoms with E-state index in [-0.39, 0.29) is 6.10 Å². The fourth-order valence-electron chi connectivity index (χ4n) is 1.40. The molecular weight excluding hydrogens is 150 g/mol. The molecule has 0 spiro atoms. The van der Waals surface area contributed by atoms with Gasteiger partial charge in [0.1, 0.15) is 0 Å². The Bertz CT molecular complexity index is 98.0. The zero-order valence-corrected chi connectivity index (χ0v) is 8.88. The van der Waals surface area contributed by atoms with Crippen molar-refractivity contribution in [3.8, 4) is 0 Å². The van der Waals surface area contributed by atoms with E-state index >= 15 is 0 Å². The molecule has 2 heteroatoms. The highest BCUT2D eigenvalue weighted by Gasteiger charge is 2.15. The van der Waals surface area contributed by atoms with E-state index in [0.29, 0.717) is 6.04 Å². The molecule has 0 heterocycles. The summed E-state index contributed by atoms with van der Waals surface area (Å²) in [6, 6.07) is 0.296. The highest BCUT2D eigenvalue weighted by Crippen LogP contribution is 2.05. The number of hydrogen-bond acceptors (Lipinski definition) is 2. The molecule has 2 atom stereocenters. The predicted octanol–water partition coefficient (Wildman–Crippen LogP) is 1.88. The molecule has 0 aliphatic rings. The van der Waals surface area contributed by atoms with Crippen LogP contribution in [0.1, 0.15) is 40.5 Å².